The first kappa shape index (κ1) is 11.5. The lowest BCUT2D eigenvalue weighted by Gasteiger charge is -2.14. The van der Waals surface area contributed by atoms with Gasteiger partial charge in [-0.15, -0.1) is 0 Å². The minimum atomic E-state index is -0.182. The molecule has 3 rings (SSSR count). The van der Waals surface area contributed by atoms with Crippen molar-refractivity contribution in [1.29, 1.82) is 0 Å². The summed E-state index contributed by atoms with van der Waals surface area (Å²) < 4.78 is 0. The summed E-state index contributed by atoms with van der Waals surface area (Å²) >= 11 is 5.81. The van der Waals surface area contributed by atoms with Crippen molar-refractivity contribution >= 4 is 29.1 Å². The van der Waals surface area contributed by atoms with Crippen LogP contribution in [0.1, 0.15) is 12.8 Å². The molecule has 3 nitrogen and oxygen atoms in total. The molecule has 0 bridgehead atoms. The van der Waals surface area contributed by atoms with Crippen molar-refractivity contribution in [2.75, 3.05) is 4.90 Å². The van der Waals surface area contributed by atoms with Crippen molar-refractivity contribution in [2.45, 2.75) is 12.8 Å². The number of fused-ring (bicyclic) bond motifs is 1. The molecule has 1 aromatic carbocycles. The van der Waals surface area contributed by atoms with Crippen LogP contribution in [0.3, 0.4) is 0 Å². The SMILES string of the molecule is O=C1[C@H]2CC=CC[C@H]2C(=O)N1c1ccc(Cl)cc1. The first-order chi connectivity index (χ1) is 8.68. The minimum absolute atomic E-state index is 0.0864. The Morgan fingerprint density at radius 1 is 0.944 bits per heavy atom. The van der Waals surface area contributed by atoms with E-state index in [4.69, 9.17) is 11.6 Å². The third-order valence-corrected chi connectivity index (χ3v) is 3.84. The number of hydrogen-bond acceptors (Lipinski definition) is 2. The van der Waals surface area contributed by atoms with E-state index in [0.717, 1.165) is 0 Å². The summed E-state index contributed by atoms with van der Waals surface area (Å²) in [5.74, 6) is -0.537. The average Bonchev–Trinajstić information content (AvgIpc) is 2.64. The summed E-state index contributed by atoms with van der Waals surface area (Å²) in [4.78, 5) is 25.9. The van der Waals surface area contributed by atoms with E-state index < -0.39 is 0 Å². The predicted octanol–water partition coefficient (Wildman–Crippen LogP) is 2.80. The number of rotatable bonds is 1. The maximum Gasteiger partial charge on any atom is 0.238 e. The van der Waals surface area contributed by atoms with Gasteiger partial charge in [-0.1, -0.05) is 23.8 Å². The van der Waals surface area contributed by atoms with Crippen LogP contribution in [-0.4, -0.2) is 11.8 Å². The van der Waals surface area contributed by atoms with Crippen molar-refractivity contribution in [3.63, 3.8) is 0 Å². The molecule has 4 heteroatoms. The molecule has 0 aromatic heterocycles. The van der Waals surface area contributed by atoms with Gasteiger partial charge in [-0.25, -0.2) is 0 Å². The lowest BCUT2D eigenvalue weighted by Crippen LogP contribution is -2.30. The van der Waals surface area contributed by atoms with Crippen molar-refractivity contribution < 1.29 is 9.59 Å². The number of imide groups is 1. The van der Waals surface area contributed by atoms with Gasteiger partial charge in [-0.3, -0.25) is 14.5 Å². The summed E-state index contributed by atoms with van der Waals surface area (Å²) in [5, 5.41) is 0.594. The van der Waals surface area contributed by atoms with Crippen LogP contribution < -0.4 is 4.90 Å². The Balaban J connectivity index is 1.96. The minimum Gasteiger partial charge on any atom is -0.274 e. The van der Waals surface area contributed by atoms with E-state index in [2.05, 4.69) is 0 Å². The second-order valence-electron chi connectivity index (χ2n) is 4.64. The van der Waals surface area contributed by atoms with Crippen LogP contribution in [0.25, 0.3) is 0 Å². The number of carbonyl (C=O) groups is 2. The van der Waals surface area contributed by atoms with Gasteiger partial charge in [0.05, 0.1) is 17.5 Å². The molecule has 0 saturated carbocycles. The first-order valence-electron chi connectivity index (χ1n) is 5.97. The second-order valence-corrected chi connectivity index (χ2v) is 5.08. The van der Waals surface area contributed by atoms with Crippen LogP contribution in [0.5, 0.6) is 0 Å². The summed E-state index contributed by atoms with van der Waals surface area (Å²) in [7, 11) is 0. The van der Waals surface area contributed by atoms with Crippen LogP contribution in [0.15, 0.2) is 36.4 Å². The zero-order valence-corrected chi connectivity index (χ0v) is 10.4. The summed E-state index contributed by atoms with van der Waals surface area (Å²) in [6.45, 7) is 0. The van der Waals surface area contributed by atoms with Gasteiger partial charge >= 0.3 is 0 Å². The molecule has 1 aliphatic carbocycles. The van der Waals surface area contributed by atoms with E-state index in [1.807, 2.05) is 12.2 Å². The van der Waals surface area contributed by atoms with E-state index in [9.17, 15) is 9.59 Å². The number of halogens is 1. The Morgan fingerprint density at radius 3 is 1.94 bits per heavy atom. The van der Waals surface area contributed by atoms with Gasteiger partial charge in [0.1, 0.15) is 0 Å². The highest BCUT2D eigenvalue weighted by molar-refractivity contribution is 6.30. The first-order valence-corrected chi connectivity index (χ1v) is 6.34. The third kappa shape index (κ3) is 1.66. The molecule has 1 aromatic rings. The Kier molecular flexibility index (Phi) is 2.71. The third-order valence-electron chi connectivity index (χ3n) is 3.59. The van der Waals surface area contributed by atoms with Crippen molar-refractivity contribution in [3.05, 3.63) is 41.4 Å². The summed E-state index contributed by atoms with van der Waals surface area (Å²) in [6.07, 6.45) is 5.30. The predicted molar refractivity (Wildman–Crippen MR) is 69.3 cm³/mol. The summed E-state index contributed by atoms with van der Waals surface area (Å²) in [6, 6.07) is 6.81. The number of allylic oxidation sites excluding steroid dienone is 2. The molecular formula is C14H12ClNO2. The van der Waals surface area contributed by atoms with Crippen LogP contribution >= 0.6 is 11.6 Å². The molecule has 92 valence electrons. The standard InChI is InChI=1S/C14H12ClNO2/c15-9-5-7-10(8-6-9)16-13(17)11-3-1-2-4-12(11)14(16)18/h1-2,5-8,11-12H,3-4H2/t11-,12+. The number of nitrogens with zero attached hydrogens (tertiary/aromatic N) is 1. The van der Waals surface area contributed by atoms with Gasteiger partial charge in [0.2, 0.25) is 11.8 Å². The number of benzene rings is 1. The molecule has 0 unspecified atom stereocenters. The van der Waals surface area contributed by atoms with E-state index in [1.165, 1.54) is 4.90 Å². The lowest BCUT2D eigenvalue weighted by molar-refractivity contribution is -0.122. The topological polar surface area (TPSA) is 37.4 Å². The molecule has 1 heterocycles. The highest BCUT2D eigenvalue weighted by atomic mass is 35.5. The number of carbonyl (C=O) groups excluding carboxylic acids is 2. The molecule has 18 heavy (non-hydrogen) atoms. The molecule has 2 atom stereocenters. The Bertz CT molecular complexity index is 509. The van der Waals surface area contributed by atoms with E-state index >= 15 is 0 Å². The summed E-state index contributed by atoms with van der Waals surface area (Å²) in [5.41, 5.74) is 0.615. The Labute approximate surface area is 110 Å². The lowest BCUT2D eigenvalue weighted by atomic mass is 9.85. The highest BCUT2D eigenvalue weighted by Gasteiger charge is 2.47. The molecule has 0 N–H and O–H groups in total. The van der Waals surface area contributed by atoms with Gasteiger partial charge in [0.25, 0.3) is 0 Å². The number of hydrogen-bond donors (Lipinski definition) is 0. The molecular weight excluding hydrogens is 250 g/mol. The normalized spacial score (nSPS) is 26.6. The van der Waals surface area contributed by atoms with Crippen molar-refractivity contribution in [2.24, 2.45) is 11.8 Å². The maximum atomic E-state index is 12.3. The molecule has 0 radical (unpaired) electrons. The fourth-order valence-corrected chi connectivity index (χ4v) is 2.77. The van der Waals surface area contributed by atoms with Crippen molar-refractivity contribution in [3.8, 4) is 0 Å². The maximum absolute atomic E-state index is 12.3. The number of amides is 2. The Hall–Kier alpha value is -1.61. The zero-order valence-electron chi connectivity index (χ0n) is 9.67. The Morgan fingerprint density at radius 2 is 1.44 bits per heavy atom. The number of anilines is 1. The highest BCUT2D eigenvalue weighted by Crippen LogP contribution is 2.37. The molecule has 1 aliphatic heterocycles. The van der Waals surface area contributed by atoms with Gasteiger partial charge in [0.15, 0.2) is 0 Å². The van der Waals surface area contributed by atoms with E-state index in [0.29, 0.717) is 23.6 Å². The van der Waals surface area contributed by atoms with E-state index in [1.54, 1.807) is 24.3 Å². The average molecular weight is 262 g/mol. The van der Waals surface area contributed by atoms with E-state index in [-0.39, 0.29) is 23.7 Å². The van der Waals surface area contributed by atoms with Crippen LogP contribution in [0, 0.1) is 11.8 Å². The fourth-order valence-electron chi connectivity index (χ4n) is 2.64. The van der Waals surface area contributed by atoms with Gasteiger partial charge in [-0.05, 0) is 37.1 Å². The van der Waals surface area contributed by atoms with Crippen LogP contribution in [-0.2, 0) is 9.59 Å². The smallest absolute Gasteiger partial charge is 0.238 e. The van der Waals surface area contributed by atoms with Gasteiger partial charge < -0.3 is 0 Å². The zero-order chi connectivity index (χ0) is 12.7. The van der Waals surface area contributed by atoms with Crippen LogP contribution in [0.2, 0.25) is 5.02 Å². The molecule has 1 fully saturated rings. The quantitative estimate of drug-likeness (QED) is 0.576. The molecule has 0 spiro atoms. The largest absolute Gasteiger partial charge is 0.274 e. The second kappa shape index (κ2) is 4.25. The van der Waals surface area contributed by atoms with Gasteiger partial charge in [0, 0.05) is 5.02 Å². The fraction of sp³-hybridized carbons (Fsp3) is 0.286. The molecule has 2 amide bonds. The molecule has 1 saturated heterocycles. The molecule has 2 aliphatic rings. The van der Waals surface area contributed by atoms with Crippen molar-refractivity contribution in [1.82, 2.24) is 0 Å². The monoisotopic (exact) mass is 261 g/mol. The van der Waals surface area contributed by atoms with Crippen LogP contribution in [0.4, 0.5) is 5.69 Å². The van der Waals surface area contributed by atoms with Gasteiger partial charge in [-0.2, -0.15) is 0 Å².